The second kappa shape index (κ2) is 10.1. The lowest BCUT2D eigenvalue weighted by atomic mass is 10.1. The fourth-order valence-electron chi connectivity index (χ4n) is 3.33. The van der Waals surface area contributed by atoms with E-state index in [1.54, 1.807) is 0 Å². The van der Waals surface area contributed by atoms with Crippen molar-refractivity contribution in [2.45, 2.75) is 59.7 Å². The van der Waals surface area contributed by atoms with Crippen LogP contribution < -0.4 is 4.74 Å². The van der Waals surface area contributed by atoms with E-state index in [1.165, 1.54) is 0 Å². The van der Waals surface area contributed by atoms with Crippen LogP contribution in [0.2, 0.25) is 0 Å². The Morgan fingerprint density at radius 2 is 1.77 bits per heavy atom. The molecule has 0 saturated carbocycles. The number of nitrogens with zero attached hydrogens (tertiary/aromatic N) is 2. The molecule has 158 valence electrons. The zero-order valence-electron chi connectivity index (χ0n) is 18.2. The van der Waals surface area contributed by atoms with Gasteiger partial charge < -0.3 is 14.2 Å². The Morgan fingerprint density at radius 1 is 1.07 bits per heavy atom. The third-order valence-electron chi connectivity index (χ3n) is 5.48. The molecule has 5 nitrogen and oxygen atoms in total. The maximum absolute atomic E-state index is 13.0. The Balaban J connectivity index is 1.61. The molecule has 0 aliphatic rings. The summed E-state index contributed by atoms with van der Waals surface area (Å²) >= 11 is 0. The molecule has 3 rings (SSSR count). The van der Waals surface area contributed by atoms with Crippen molar-refractivity contribution in [1.29, 1.82) is 0 Å². The molecule has 1 aromatic heterocycles. The van der Waals surface area contributed by atoms with Gasteiger partial charge in [0.1, 0.15) is 18.1 Å². The summed E-state index contributed by atoms with van der Waals surface area (Å²) in [4.78, 5) is 15.0. The summed E-state index contributed by atoms with van der Waals surface area (Å²) in [6.07, 6.45) is 1.30. The fraction of sp³-hybridized carbons (Fsp3) is 0.360. The lowest BCUT2D eigenvalue weighted by molar-refractivity contribution is -0.133. The summed E-state index contributed by atoms with van der Waals surface area (Å²) in [6, 6.07) is 18.1. The van der Waals surface area contributed by atoms with Crippen LogP contribution in [-0.2, 0) is 24.4 Å². The highest BCUT2D eigenvalue weighted by molar-refractivity contribution is 5.79. The number of aryl methyl sites for hydroxylation is 2. The van der Waals surface area contributed by atoms with Crippen molar-refractivity contribution in [3.63, 3.8) is 0 Å². The second-order valence-corrected chi connectivity index (χ2v) is 7.68. The molecule has 0 aliphatic carbocycles. The van der Waals surface area contributed by atoms with Crippen LogP contribution in [0.25, 0.3) is 0 Å². The van der Waals surface area contributed by atoms with Gasteiger partial charge >= 0.3 is 0 Å². The van der Waals surface area contributed by atoms with E-state index >= 15 is 0 Å². The summed E-state index contributed by atoms with van der Waals surface area (Å²) in [5, 5.41) is 3.95. The number of carbonyl (C=O) groups is 1. The number of rotatable bonds is 9. The highest BCUT2D eigenvalue weighted by atomic mass is 16.5. The molecule has 0 aliphatic heterocycles. The molecule has 30 heavy (non-hydrogen) atoms. The molecule has 1 unspecified atom stereocenters. The predicted octanol–water partition coefficient (Wildman–Crippen LogP) is 5.24. The predicted molar refractivity (Wildman–Crippen MR) is 117 cm³/mol. The Hall–Kier alpha value is -3.08. The van der Waals surface area contributed by atoms with Crippen LogP contribution in [0.4, 0.5) is 0 Å². The van der Waals surface area contributed by atoms with Crippen molar-refractivity contribution >= 4 is 5.91 Å². The van der Waals surface area contributed by atoms with Crippen molar-refractivity contribution in [2.75, 3.05) is 0 Å². The maximum Gasteiger partial charge on any atom is 0.227 e. The van der Waals surface area contributed by atoms with Crippen molar-refractivity contribution in [3.05, 3.63) is 82.7 Å². The molecule has 0 fully saturated rings. The van der Waals surface area contributed by atoms with Gasteiger partial charge in [0, 0.05) is 12.6 Å². The number of hydrogen-bond donors (Lipinski definition) is 0. The average molecular weight is 407 g/mol. The van der Waals surface area contributed by atoms with Gasteiger partial charge in [-0.3, -0.25) is 4.79 Å². The summed E-state index contributed by atoms with van der Waals surface area (Å²) in [6.45, 7) is 9.05. The third-order valence-corrected chi connectivity index (χ3v) is 5.48. The Kier molecular flexibility index (Phi) is 7.28. The third kappa shape index (κ3) is 5.50. The summed E-state index contributed by atoms with van der Waals surface area (Å²) < 4.78 is 11.0. The zero-order chi connectivity index (χ0) is 21.5. The second-order valence-electron chi connectivity index (χ2n) is 7.68. The lowest BCUT2D eigenvalue weighted by Gasteiger charge is -2.29. The van der Waals surface area contributed by atoms with E-state index < -0.39 is 0 Å². The first-order valence-electron chi connectivity index (χ1n) is 10.4. The van der Waals surface area contributed by atoms with Crippen LogP contribution >= 0.6 is 0 Å². The molecule has 1 heterocycles. The van der Waals surface area contributed by atoms with E-state index in [0.717, 1.165) is 40.3 Å². The minimum Gasteiger partial charge on any atom is -0.489 e. The van der Waals surface area contributed by atoms with E-state index in [2.05, 4.69) is 31.1 Å². The summed E-state index contributed by atoms with van der Waals surface area (Å²) in [5.41, 5.74) is 3.94. The molecule has 0 bridgehead atoms. The lowest BCUT2D eigenvalue weighted by Crippen LogP contribution is -2.38. The highest BCUT2D eigenvalue weighted by Gasteiger charge is 2.19. The molecule has 1 atom stereocenters. The van der Waals surface area contributed by atoms with Crippen LogP contribution in [-0.4, -0.2) is 22.0 Å². The molecular formula is C25H30N2O3. The normalized spacial score (nSPS) is 11.9. The minimum absolute atomic E-state index is 0.137. The van der Waals surface area contributed by atoms with Gasteiger partial charge in [-0.1, -0.05) is 54.5 Å². The van der Waals surface area contributed by atoms with Crippen LogP contribution in [0.5, 0.6) is 5.75 Å². The SMILES string of the molecule is CCC(C)N(Cc1ccccc1)C(=O)Cc1ccc(OCc2c(C)noc2C)cc1. The van der Waals surface area contributed by atoms with Gasteiger partial charge in [0.05, 0.1) is 17.7 Å². The molecule has 2 aromatic carbocycles. The quantitative estimate of drug-likeness (QED) is 0.488. The zero-order valence-corrected chi connectivity index (χ0v) is 18.2. The van der Waals surface area contributed by atoms with Gasteiger partial charge in [0.2, 0.25) is 5.91 Å². The number of ether oxygens (including phenoxy) is 1. The van der Waals surface area contributed by atoms with E-state index in [9.17, 15) is 4.79 Å². The van der Waals surface area contributed by atoms with Crippen LogP contribution in [0.15, 0.2) is 59.1 Å². The molecule has 5 heteroatoms. The van der Waals surface area contributed by atoms with Gasteiger partial charge in [-0.05, 0) is 50.5 Å². The summed E-state index contributed by atoms with van der Waals surface area (Å²) in [5.74, 6) is 1.67. The molecule has 0 N–H and O–H groups in total. The first-order valence-corrected chi connectivity index (χ1v) is 10.4. The molecule has 3 aromatic rings. The average Bonchev–Trinajstić information content (AvgIpc) is 3.09. The molecule has 0 spiro atoms. The smallest absolute Gasteiger partial charge is 0.227 e. The van der Waals surface area contributed by atoms with Crippen LogP contribution in [0, 0.1) is 13.8 Å². The monoisotopic (exact) mass is 406 g/mol. The fourth-order valence-corrected chi connectivity index (χ4v) is 3.33. The number of hydrogen-bond acceptors (Lipinski definition) is 4. The van der Waals surface area contributed by atoms with Gasteiger partial charge in [-0.2, -0.15) is 0 Å². The Labute approximate surface area is 178 Å². The molecule has 0 radical (unpaired) electrons. The van der Waals surface area contributed by atoms with Gasteiger partial charge in [-0.15, -0.1) is 0 Å². The van der Waals surface area contributed by atoms with Gasteiger partial charge in [0.25, 0.3) is 0 Å². The van der Waals surface area contributed by atoms with Crippen molar-refractivity contribution in [2.24, 2.45) is 0 Å². The first kappa shape index (κ1) is 21.6. The van der Waals surface area contributed by atoms with E-state index in [1.807, 2.05) is 61.2 Å². The first-order chi connectivity index (χ1) is 14.5. The van der Waals surface area contributed by atoms with Gasteiger partial charge in [0.15, 0.2) is 0 Å². The number of benzene rings is 2. The Morgan fingerprint density at radius 3 is 2.37 bits per heavy atom. The molecular weight excluding hydrogens is 376 g/mol. The summed E-state index contributed by atoms with van der Waals surface area (Å²) in [7, 11) is 0. The van der Waals surface area contributed by atoms with E-state index in [0.29, 0.717) is 19.6 Å². The number of amides is 1. The Bertz CT molecular complexity index is 929. The molecule has 1 amide bonds. The standard InChI is InChI=1S/C25H30N2O3/c1-5-18(2)27(16-22-9-7-6-8-10-22)25(28)15-21-11-13-23(14-12-21)29-17-24-19(3)26-30-20(24)4/h6-14,18H,5,15-17H2,1-4H3. The largest absolute Gasteiger partial charge is 0.489 e. The van der Waals surface area contributed by atoms with Crippen molar-refractivity contribution in [3.8, 4) is 5.75 Å². The van der Waals surface area contributed by atoms with E-state index in [4.69, 9.17) is 9.26 Å². The van der Waals surface area contributed by atoms with Crippen molar-refractivity contribution in [1.82, 2.24) is 10.1 Å². The van der Waals surface area contributed by atoms with Gasteiger partial charge in [-0.25, -0.2) is 0 Å². The van der Waals surface area contributed by atoms with Crippen LogP contribution in [0.3, 0.4) is 0 Å². The maximum atomic E-state index is 13.0. The van der Waals surface area contributed by atoms with Crippen molar-refractivity contribution < 1.29 is 14.1 Å². The van der Waals surface area contributed by atoms with E-state index in [-0.39, 0.29) is 11.9 Å². The minimum atomic E-state index is 0.137. The number of aromatic nitrogens is 1. The van der Waals surface area contributed by atoms with Crippen LogP contribution in [0.1, 0.15) is 48.4 Å². The number of carbonyl (C=O) groups excluding carboxylic acids is 1. The highest BCUT2D eigenvalue weighted by Crippen LogP contribution is 2.19. The topological polar surface area (TPSA) is 55.6 Å². The molecule has 0 saturated heterocycles.